The van der Waals surface area contributed by atoms with E-state index >= 15 is 0 Å². The zero-order valence-corrected chi connectivity index (χ0v) is 20.1. The number of ketones is 1. The van der Waals surface area contributed by atoms with Gasteiger partial charge in [0.2, 0.25) is 15.8 Å². The largest absolute Gasteiger partial charge is 0.454 e. The van der Waals surface area contributed by atoms with Crippen LogP contribution in [0.4, 0.5) is 5.69 Å². The second-order valence-electron chi connectivity index (χ2n) is 8.41. The Balaban J connectivity index is 1.88. The van der Waals surface area contributed by atoms with Crippen LogP contribution in [-0.2, 0) is 14.8 Å². The Hall–Kier alpha value is -2.71. The number of benzene rings is 2. The average molecular weight is 459 g/mol. The minimum atomic E-state index is -3.72. The molecule has 1 aliphatic heterocycles. The first-order chi connectivity index (χ1) is 15.0. The Morgan fingerprint density at radius 2 is 1.56 bits per heavy atom. The maximum Gasteiger partial charge on any atom is 0.340 e. The van der Waals surface area contributed by atoms with Crippen LogP contribution in [0.3, 0.4) is 0 Å². The summed E-state index contributed by atoms with van der Waals surface area (Å²) in [6, 6.07) is 8.24. The number of ether oxygens (including phenoxy) is 1. The van der Waals surface area contributed by atoms with Gasteiger partial charge in [-0.3, -0.25) is 4.79 Å². The van der Waals surface area contributed by atoms with Crippen LogP contribution >= 0.6 is 0 Å². The average Bonchev–Trinajstić information content (AvgIpc) is 3.28. The third-order valence-electron chi connectivity index (χ3n) is 5.89. The number of carbonyl (C=O) groups excluding carboxylic acids is 2. The summed E-state index contributed by atoms with van der Waals surface area (Å²) >= 11 is 0. The molecule has 8 heteroatoms. The Kier molecular flexibility index (Phi) is 7.05. The number of hydrogen-bond donors (Lipinski definition) is 0. The zero-order chi connectivity index (χ0) is 23.6. The number of Topliss-reactive ketones (excluding diaryl/α,β-unsaturated/α-hetero) is 1. The molecule has 0 aromatic heterocycles. The lowest BCUT2D eigenvalue weighted by atomic mass is 9.98. The number of hydrogen-bond acceptors (Lipinski definition) is 6. The minimum Gasteiger partial charge on any atom is -0.454 e. The Morgan fingerprint density at radius 1 is 0.938 bits per heavy atom. The van der Waals surface area contributed by atoms with Gasteiger partial charge in [-0.25, -0.2) is 17.5 Å². The first-order valence-electron chi connectivity index (χ1n) is 10.6. The van der Waals surface area contributed by atoms with Gasteiger partial charge in [0.1, 0.15) is 0 Å². The van der Waals surface area contributed by atoms with Crippen LogP contribution in [0.1, 0.15) is 50.2 Å². The monoisotopic (exact) mass is 458 g/mol. The van der Waals surface area contributed by atoms with Gasteiger partial charge >= 0.3 is 5.97 Å². The van der Waals surface area contributed by atoms with Crippen LogP contribution in [-0.4, -0.2) is 58.3 Å². The third-order valence-corrected chi connectivity index (χ3v) is 7.70. The van der Waals surface area contributed by atoms with Crippen molar-refractivity contribution in [1.29, 1.82) is 0 Å². The molecular formula is C24H30N2O5S. The summed E-state index contributed by atoms with van der Waals surface area (Å²) < 4.78 is 31.7. The van der Waals surface area contributed by atoms with E-state index in [1.54, 1.807) is 12.1 Å². The molecule has 0 unspecified atom stereocenters. The number of sulfonamides is 1. The summed E-state index contributed by atoms with van der Waals surface area (Å²) in [5.74, 6) is -1.00. The third kappa shape index (κ3) is 4.86. The molecule has 7 nitrogen and oxygen atoms in total. The molecule has 2 aromatic carbocycles. The highest BCUT2D eigenvalue weighted by Gasteiger charge is 2.26. The van der Waals surface area contributed by atoms with Gasteiger partial charge in [0.25, 0.3) is 0 Å². The number of anilines is 1. The summed E-state index contributed by atoms with van der Waals surface area (Å²) in [6.07, 6.45) is 1.99. The summed E-state index contributed by atoms with van der Waals surface area (Å²) in [6.45, 7) is 6.90. The maximum absolute atomic E-state index is 13.0. The van der Waals surface area contributed by atoms with Crippen LogP contribution < -0.4 is 4.90 Å². The molecule has 3 rings (SSSR count). The molecule has 0 saturated carbocycles. The van der Waals surface area contributed by atoms with Crippen molar-refractivity contribution in [2.45, 2.75) is 38.5 Å². The molecule has 32 heavy (non-hydrogen) atoms. The number of aryl methyl sites for hydroxylation is 3. The number of esters is 1. The molecule has 0 radical (unpaired) electrons. The molecule has 0 N–H and O–H groups in total. The second kappa shape index (κ2) is 9.42. The predicted molar refractivity (Wildman–Crippen MR) is 124 cm³/mol. The number of nitrogens with zero attached hydrogens (tertiary/aromatic N) is 2. The summed E-state index contributed by atoms with van der Waals surface area (Å²) in [5.41, 5.74) is 4.20. The fourth-order valence-electron chi connectivity index (χ4n) is 3.83. The van der Waals surface area contributed by atoms with Crippen LogP contribution in [0, 0.1) is 20.8 Å². The standard InChI is InChI=1S/C24H30N2O5S/c1-16-12-18(3)20(13-17(16)2)23(27)15-31-24(28)21-14-19(32(29,30)25(4)5)8-9-22(21)26-10-6-7-11-26/h8-9,12-14H,6-7,10-11,15H2,1-5H3. The van der Waals surface area contributed by atoms with E-state index in [0.717, 1.165) is 46.9 Å². The molecule has 0 bridgehead atoms. The van der Waals surface area contributed by atoms with E-state index in [1.165, 1.54) is 26.2 Å². The first kappa shape index (κ1) is 23.9. The topological polar surface area (TPSA) is 84.0 Å². The summed E-state index contributed by atoms with van der Waals surface area (Å²) in [7, 11) is -0.848. The van der Waals surface area contributed by atoms with Gasteiger partial charge in [0, 0.05) is 32.7 Å². The molecule has 0 aliphatic carbocycles. The Labute approximate surface area is 190 Å². The molecule has 1 aliphatic rings. The molecular weight excluding hydrogens is 428 g/mol. The van der Waals surface area contributed by atoms with Crippen LogP contribution in [0.5, 0.6) is 0 Å². The van der Waals surface area contributed by atoms with Crippen molar-refractivity contribution in [3.05, 3.63) is 58.1 Å². The van der Waals surface area contributed by atoms with Crippen molar-refractivity contribution in [1.82, 2.24) is 4.31 Å². The lowest BCUT2D eigenvalue weighted by Crippen LogP contribution is -2.25. The van der Waals surface area contributed by atoms with E-state index in [4.69, 9.17) is 4.74 Å². The van der Waals surface area contributed by atoms with E-state index in [1.807, 2.05) is 31.7 Å². The van der Waals surface area contributed by atoms with E-state index in [9.17, 15) is 18.0 Å². The molecule has 0 amide bonds. The minimum absolute atomic E-state index is 0.00808. The molecule has 0 spiro atoms. The van der Waals surface area contributed by atoms with Crippen molar-refractivity contribution >= 4 is 27.5 Å². The molecule has 1 heterocycles. The van der Waals surface area contributed by atoms with E-state index in [2.05, 4.69) is 0 Å². The maximum atomic E-state index is 13.0. The fraction of sp³-hybridized carbons (Fsp3) is 0.417. The van der Waals surface area contributed by atoms with Crippen LogP contribution in [0.15, 0.2) is 35.2 Å². The van der Waals surface area contributed by atoms with Gasteiger partial charge in [-0.05, 0) is 74.6 Å². The quantitative estimate of drug-likeness (QED) is 0.466. The highest BCUT2D eigenvalue weighted by atomic mass is 32.2. The second-order valence-corrected chi connectivity index (χ2v) is 10.6. The van der Waals surface area contributed by atoms with Crippen LogP contribution in [0.25, 0.3) is 0 Å². The van der Waals surface area contributed by atoms with Crippen molar-refractivity contribution in [2.75, 3.05) is 38.7 Å². The molecule has 172 valence electrons. The van der Waals surface area contributed by atoms with Gasteiger partial charge in [0.15, 0.2) is 6.61 Å². The van der Waals surface area contributed by atoms with Gasteiger partial charge in [-0.2, -0.15) is 0 Å². The predicted octanol–water partition coefficient (Wildman–Crippen LogP) is 3.50. The normalized spacial score (nSPS) is 14.1. The van der Waals surface area contributed by atoms with Crippen LogP contribution in [0.2, 0.25) is 0 Å². The molecule has 0 atom stereocenters. The SMILES string of the molecule is Cc1cc(C)c(C(=O)COC(=O)c2cc(S(=O)(=O)N(C)C)ccc2N2CCCC2)cc1C. The van der Waals surface area contributed by atoms with Crippen molar-refractivity contribution < 1.29 is 22.7 Å². The molecule has 1 saturated heterocycles. The van der Waals surface area contributed by atoms with Gasteiger partial charge in [-0.15, -0.1) is 0 Å². The molecule has 2 aromatic rings. The summed E-state index contributed by atoms with van der Waals surface area (Å²) in [5, 5.41) is 0. The number of carbonyl (C=O) groups is 2. The van der Waals surface area contributed by atoms with Crippen molar-refractivity contribution in [2.24, 2.45) is 0 Å². The molecule has 1 fully saturated rings. The van der Waals surface area contributed by atoms with Gasteiger partial charge in [-0.1, -0.05) is 6.07 Å². The van der Waals surface area contributed by atoms with E-state index in [-0.39, 0.29) is 16.2 Å². The van der Waals surface area contributed by atoms with Gasteiger partial charge < -0.3 is 9.64 Å². The Morgan fingerprint density at radius 3 is 2.19 bits per heavy atom. The number of rotatable bonds is 7. The smallest absolute Gasteiger partial charge is 0.340 e. The summed E-state index contributed by atoms with van der Waals surface area (Å²) in [4.78, 5) is 27.8. The first-order valence-corrected chi connectivity index (χ1v) is 12.1. The van der Waals surface area contributed by atoms with Crippen molar-refractivity contribution in [3.8, 4) is 0 Å². The zero-order valence-electron chi connectivity index (χ0n) is 19.3. The lowest BCUT2D eigenvalue weighted by molar-refractivity contribution is 0.0475. The van der Waals surface area contributed by atoms with E-state index < -0.39 is 22.6 Å². The van der Waals surface area contributed by atoms with Crippen molar-refractivity contribution in [3.63, 3.8) is 0 Å². The lowest BCUT2D eigenvalue weighted by Gasteiger charge is -2.22. The highest BCUT2D eigenvalue weighted by molar-refractivity contribution is 7.89. The van der Waals surface area contributed by atoms with E-state index in [0.29, 0.717) is 11.3 Å². The fourth-order valence-corrected chi connectivity index (χ4v) is 4.76. The Bertz CT molecular complexity index is 1150. The highest BCUT2D eigenvalue weighted by Crippen LogP contribution is 2.29. The van der Waals surface area contributed by atoms with Gasteiger partial charge in [0.05, 0.1) is 16.1 Å².